The van der Waals surface area contributed by atoms with Gasteiger partial charge in [-0.05, 0) is 32.7 Å². The second-order valence-electron chi connectivity index (χ2n) is 3.63. The second-order valence-corrected chi connectivity index (χ2v) is 3.63. The van der Waals surface area contributed by atoms with Crippen molar-refractivity contribution in [2.45, 2.75) is 33.1 Å². The summed E-state index contributed by atoms with van der Waals surface area (Å²) in [4.78, 5) is 11.7. The Morgan fingerprint density at radius 3 is 2.77 bits per heavy atom. The number of piperidine rings is 1. The fraction of sp³-hybridized carbons (Fsp3) is 0.900. The first kappa shape index (κ1) is 10.5. The maximum Gasteiger partial charge on any atom is 0.313 e. The maximum atomic E-state index is 11.7. The van der Waals surface area contributed by atoms with E-state index in [1.54, 1.807) is 0 Å². The predicted octanol–water partition coefficient (Wildman–Crippen LogP) is 1.33. The SMILES string of the molecule is CCOC(=O)[C@]1(CC)CCCNC1. The van der Waals surface area contributed by atoms with Gasteiger partial charge in [-0.15, -0.1) is 0 Å². The van der Waals surface area contributed by atoms with Gasteiger partial charge in [-0.3, -0.25) is 4.79 Å². The zero-order valence-corrected chi connectivity index (χ0v) is 8.56. The molecule has 13 heavy (non-hydrogen) atoms. The number of carbonyl (C=O) groups excluding carboxylic acids is 1. The third-order valence-electron chi connectivity index (χ3n) is 2.86. The van der Waals surface area contributed by atoms with Gasteiger partial charge in [0.15, 0.2) is 0 Å². The molecule has 1 aliphatic heterocycles. The predicted molar refractivity (Wildman–Crippen MR) is 51.5 cm³/mol. The molecule has 1 rings (SSSR count). The Labute approximate surface area is 79.8 Å². The molecule has 76 valence electrons. The van der Waals surface area contributed by atoms with Crippen LogP contribution in [0.5, 0.6) is 0 Å². The van der Waals surface area contributed by atoms with E-state index in [9.17, 15) is 4.79 Å². The van der Waals surface area contributed by atoms with Crippen LogP contribution in [0.4, 0.5) is 0 Å². The summed E-state index contributed by atoms with van der Waals surface area (Å²) < 4.78 is 5.10. The minimum Gasteiger partial charge on any atom is -0.466 e. The molecular weight excluding hydrogens is 166 g/mol. The quantitative estimate of drug-likeness (QED) is 0.674. The first-order valence-corrected chi connectivity index (χ1v) is 5.13. The third-order valence-corrected chi connectivity index (χ3v) is 2.86. The summed E-state index contributed by atoms with van der Waals surface area (Å²) >= 11 is 0. The smallest absolute Gasteiger partial charge is 0.313 e. The van der Waals surface area contributed by atoms with Crippen molar-refractivity contribution in [3.05, 3.63) is 0 Å². The van der Waals surface area contributed by atoms with Crippen LogP contribution in [0.1, 0.15) is 33.1 Å². The standard InChI is InChI=1S/C10H19NO2/c1-3-10(9(12)13-4-2)6-5-7-11-8-10/h11H,3-8H2,1-2H3/t10-/m1/s1. The van der Waals surface area contributed by atoms with Crippen LogP contribution in [0.25, 0.3) is 0 Å². The Morgan fingerprint density at radius 1 is 1.54 bits per heavy atom. The highest BCUT2D eigenvalue weighted by atomic mass is 16.5. The van der Waals surface area contributed by atoms with E-state index in [4.69, 9.17) is 4.74 Å². The highest BCUT2D eigenvalue weighted by Gasteiger charge is 2.38. The van der Waals surface area contributed by atoms with Crippen LogP contribution in [0, 0.1) is 5.41 Å². The molecule has 0 radical (unpaired) electrons. The normalized spacial score (nSPS) is 28.5. The summed E-state index contributed by atoms with van der Waals surface area (Å²) in [5.41, 5.74) is -0.242. The van der Waals surface area contributed by atoms with E-state index >= 15 is 0 Å². The van der Waals surface area contributed by atoms with Crippen molar-refractivity contribution in [3.8, 4) is 0 Å². The lowest BCUT2D eigenvalue weighted by Crippen LogP contribution is -2.46. The molecule has 0 amide bonds. The van der Waals surface area contributed by atoms with Gasteiger partial charge >= 0.3 is 5.97 Å². The van der Waals surface area contributed by atoms with Gasteiger partial charge in [0, 0.05) is 6.54 Å². The average Bonchev–Trinajstić information content (AvgIpc) is 2.19. The molecule has 0 saturated carbocycles. The topological polar surface area (TPSA) is 38.3 Å². The molecule has 3 heteroatoms. The van der Waals surface area contributed by atoms with Gasteiger partial charge in [0.25, 0.3) is 0 Å². The van der Waals surface area contributed by atoms with Gasteiger partial charge < -0.3 is 10.1 Å². The van der Waals surface area contributed by atoms with E-state index < -0.39 is 0 Å². The van der Waals surface area contributed by atoms with E-state index in [0.29, 0.717) is 6.61 Å². The zero-order valence-electron chi connectivity index (χ0n) is 8.56. The number of ether oxygens (including phenoxy) is 1. The molecule has 0 aromatic rings. The van der Waals surface area contributed by atoms with Crippen molar-refractivity contribution >= 4 is 5.97 Å². The Hall–Kier alpha value is -0.570. The molecule has 1 aliphatic rings. The molecule has 1 heterocycles. The number of nitrogens with one attached hydrogen (secondary N) is 1. The number of esters is 1. The van der Waals surface area contributed by atoms with Gasteiger partial charge in [0.2, 0.25) is 0 Å². The highest BCUT2D eigenvalue weighted by Crippen LogP contribution is 2.31. The summed E-state index contributed by atoms with van der Waals surface area (Å²) in [6, 6.07) is 0. The number of hydrogen-bond acceptors (Lipinski definition) is 3. The van der Waals surface area contributed by atoms with E-state index in [1.807, 2.05) is 6.92 Å². The monoisotopic (exact) mass is 185 g/mol. The summed E-state index contributed by atoms with van der Waals surface area (Å²) in [6.07, 6.45) is 2.92. The molecule has 1 saturated heterocycles. The largest absolute Gasteiger partial charge is 0.466 e. The molecule has 0 aliphatic carbocycles. The van der Waals surface area contributed by atoms with Crippen LogP contribution in [-0.2, 0) is 9.53 Å². The van der Waals surface area contributed by atoms with Crippen LogP contribution in [0.2, 0.25) is 0 Å². The number of hydrogen-bond donors (Lipinski definition) is 1. The molecule has 0 aromatic heterocycles. The van der Waals surface area contributed by atoms with Crippen molar-refractivity contribution in [1.82, 2.24) is 5.32 Å². The van der Waals surface area contributed by atoms with Gasteiger partial charge in [0.05, 0.1) is 12.0 Å². The zero-order chi connectivity index (χ0) is 9.73. The van der Waals surface area contributed by atoms with Gasteiger partial charge in [-0.1, -0.05) is 6.92 Å². The molecule has 0 bridgehead atoms. The first-order chi connectivity index (χ1) is 6.25. The van der Waals surface area contributed by atoms with Crippen molar-refractivity contribution in [1.29, 1.82) is 0 Å². The third kappa shape index (κ3) is 2.21. The van der Waals surface area contributed by atoms with Gasteiger partial charge in [-0.25, -0.2) is 0 Å². The lowest BCUT2D eigenvalue weighted by atomic mass is 9.78. The summed E-state index contributed by atoms with van der Waals surface area (Å²) in [6.45, 7) is 6.21. The van der Waals surface area contributed by atoms with E-state index in [-0.39, 0.29) is 11.4 Å². The molecule has 1 N–H and O–H groups in total. The minimum atomic E-state index is -0.242. The molecular formula is C10H19NO2. The molecule has 1 fully saturated rings. The first-order valence-electron chi connectivity index (χ1n) is 5.13. The van der Waals surface area contributed by atoms with Gasteiger partial charge in [-0.2, -0.15) is 0 Å². The molecule has 3 nitrogen and oxygen atoms in total. The van der Waals surface area contributed by atoms with E-state index in [2.05, 4.69) is 12.2 Å². The van der Waals surface area contributed by atoms with Crippen molar-refractivity contribution in [2.24, 2.45) is 5.41 Å². The fourth-order valence-electron chi connectivity index (χ4n) is 1.87. The summed E-state index contributed by atoms with van der Waals surface area (Å²) in [5, 5.41) is 3.27. The van der Waals surface area contributed by atoms with Crippen LogP contribution in [0.15, 0.2) is 0 Å². The fourth-order valence-corrected chi connectivity index (χ4v) is 1.87. The van der Waals surface area contributed by atoms with Crippen molar-refractivity contribution in [3.63, 3.8) is 0 Å². The Morgan fingerprint density at radius 2 is 2.31 bits per heavy atom. The summed E-state index contributed by atoms with van der Waals surface area (Å²) in [5.74, 6) is -0.0234. The lowest BCUT2D eigenvalue weighted by molar-refractivity contribution is -0.156. The molecule has 0 unspecified atom stereocenters. The van der Waals surface area contributed by atoms with Crippen LogP contribution >= 0.6 is 0 Å². The maximum absolute atomic E-state index is 11.7. The van der Waals surface area contributed by atoms with Crippen molar-refractivity contribution < 1.29 is 9.53 Å². The minimum absolute atomic E-state index is 0.0234. The second kappa shape index (κ2) is 4.61. The Kier molecular flexibility index (Phi) is 3.72. The Balaban J connectivity index is 2.61. The summed E-state index contributed by atoms with van der Waals surface area (Å²) in [7, 11) is 0. The Bertz CT molecular complexity index is 174. The number of carbonyl (C=O) groups is 1. The molecule has 1 atom stereocenters. The van der Waals surface area contributed by atoms with Crippen LogP contribution < -0.4 is 5.32 Å². The average molecular weight is 185 g/mol. The molecule has 0 aromatic carbocycles. The van der Waals surface area contributed by atoms with Crippen LogP contribution in [-0.4, -0.2) is 25.7 Å². The number of rotatable bonds is 3. The highest BCUT2D eigenvalue weighted by molar-refractivity contribution is 5.77. The van der Waals surface area contributed by atoms with Gasteiger partial charge in [0.1, 0.15) is 0 Å². The van der Waals surface area contributed by atoms with E-state index in [1.165, 1.54) is 0 Å². The molecule has 0 spiro atoms. The lowest BCUT2D eigenvalue weighted by Gasteiger charge is -2.34. The van der Waals surface area contributed by atoms with E-state index in [0.717, 1.165) is 32.4 Å². The van der Waals surface area contributed by atoms with Crippen LogP contribution in [0.3, 0.4) is 0 Å². The van der Waals surface area contributed by atoms with Crippen molar-refractivity contribution in [2.75, 3.05) is 19.7 Å².